The fourth-order valence-corrected chi connectivity index (χ4v) is 2.26. The largest absolute Gasteiger partial charge is 0.494 e. The molecule has 1 heterocycles. The van der Waals surface area contributed by atoms with Crippen molar-refractivity contribution in [1.82, 2.24) is 4.98 Å². The second kappa shape index (κ2) is 5.87. The van der Waals surface area contributed by atoms with Gasteiger partial charge >= 0.3 is 5.97 Å². The molecule has 2 aromatic rings. The maximum Gasteiger partial charge on any atom is 0.354 e. The number of aromatic carboxylic acids is 1. The Bertz CT molecular complexity index is 689. The molecule has 7 heteroatoms. The van der Waals surface area contributed by atoms with E-state index in [9.17, 15) is 4.79 Å². The lowest BCUT2D eigenvalue weighted by Gasteiger charge is -2.11. The van der Waals surface area contributed by atoms with Crippen LogP contribution in [-0.2, 0) is 0 Å². The standard InChI is InChI=1S/C13H8Cl3NO3/c1-20-11-3-2-10(13(18)19)17-12(11)6-4-8(15)9(16)5-7(6)14/h2-5H,1H3,(H,18,19). The van der Waals surface area contributed by atoms with Gasteiger partial charge in [0.15, 0.2) is 0 Å². The number of pyridine rings is 1. The van der Waals surface area contributed by atoms with Crippen LogP contribution in [0.15, 0.2) is 24.3 Å². The summed E-state index contributed by atoms with van der Waals surface area (Å²) in [6.45, 7) is 0. The summed E-state index contributed by atoms with van der Waals surface area (Å²) in [5.41, 5.74) is 0.611. The van der Waals surface area contributed by atoms with Gasteiger partial charge < -0.3 is 9.84 Å². The first-order chi connectivity index (χ1) is 9.43. The molecular formula is C13H8Cl3NO3. The summed E-state index contributed by atoms with van der Waals surface area (Å²) in [5.74, 6) is -0.764. The highest BCUT2D eigenvalue weighted by Gasteiger charge is 2.16. The first-order valence-corrected chi connectivity index (χ1v) is 6.50. The van der Waals surface area contributed by atoms with Crippen LogP contribution in [-0.4, -0.2) is 23.2 Å². The maximum atomic E-state index is 11.0. The molecule has 0 aliphatic carbocycles. The minimum absolute atomic E-state index is 0.122. The Hall–Kier alpha value is -1.49. The topological polar surface area (TPSA) is 59.4 Å². The predicted octanol–water partition coefficient (Wildman–Crippen LogP) is 4.42. The van der Waals surface area contributed by atoms with E-state index in [-0.39, 0.29) is 16.4 Å². The lowest BCUT2D eigenvalue weighted by molar-refractivity contribution is 0.0690. The number of halogens is 3. The van der Waals surface area contributed by atoms with Crippen LogP contribution >= 0.6 is 34.8 Å². The van der Waals surface area contributed by atoms with E-state index in [2.05, 4.69) is 4.98 Å². The molecule has 1 N–H and O–H groups in total. The highest BCUT2D eigenvalue weighted by molar-refractivity contribution is 6.44. The number of benzene rings is 1. The molecule has 0 amide bonds. The quantitative estimate of drug-likeness (QED) is 0.845. The van der Waals surface area contributed by atoms with Gasteiger partial charge in [0.25, 0.3) is 0 Å². The zero-order valence-electron chi connectivity index (χ0n) is 10.2. The Morgan fingerprint density at radius 3 is 2.40 bits per heavy atom. The number of rotatable bonds is 3. The zero-order chi connectivity index (χ0) is 14.9. The number of hydrogen-bond donors (Lipinski definition) is 1. The first kappa shape index (κ1) is 14.9. The van der Waals surface area contributed by atoms with E-state index >= 15 is 0 Å². The van der Waals surface area contributed by atoms with Crippen molar-refractivity contribution in [2.45, 2.75) is 0 Å². The fourth-order valence-electron chi connectivity index (χ4n) is 1.63. The molecule has 0 saturated heterocycles. The van der Waals surface area contributed by atoms with Crippen LogP contribution in [0, 0.1) is 0 Å². The molecule has 4 nitrogen and oxygen atoms in total. The zero-order valence-corrected chi connectivity index (χ0v) is 12.4. The summed E-state index contributed by atoms with van der Waals surface area (Å²) in [6, 6.07) is 5.83. The molecule has 0 bridgehead atoms. The minimum atomic E-state index is -1.15. The van der Waals surface area contributed by atoms with Crippen molar-refractivity contribution in [3.8, 4) is 17.0 Å². The Kier molecular flexibility index (Phi) is 4.38. The van der Waals surface area contributed by atoms with Crippen LogP contribution in [0.1, 0.15) is 10.5 Å². The maximum absolute atomic E-state index is 11.0. The average molecular weight is 333 g/mol. The van der Waals surface area contributed by atoms with Crippen molar-refractivity contribution in [2.75, 3.05) is 7.11 Å². The molecule has 0 radical (unpaired) electrons. The number of carboxylic acid groups (broad SMARTS) is 1. The van der Waals surface area contributed by atoms with E-state index < -0.39 is 5.97 Å². The fraction of sp³-hybridized carbons (Fsp3) is 0.0769. The van der Waals surface area contributed by atoms with Crippen molar-refractivity contribution < 1.29 is 14.6 Å². The second-order valence-corrected chi connectivity index (χ2v) is 5.02. The minimum Gasteiger partial charge on any atom is -0.494 e. The van der Waals surface area contributed by atoms with E-state index in [0.717, 1.165) is 0 Å². The monoisotopic (exact) mass is 331 g/mol. The summed E-state index contributed by atoms with van der Waals surface area (Å²) < 4.78 is 5.17. The summed E-state index contributed by atoms with van der Waals surface area (Å²) in [4.78, 5) is 15.0. The van der Waals surface area contributed by atoms with E-state index in [1.165, 1.54) is 31.4 Å². The lowest BCUT2D eigenvalue weighted by atomic mass is 10.1. The van der Waals surface area contributed by atoms with Crippen LogP contribution < -0.4 is 4.74 Å². The van der Waals surface area contributed by atoms with Gasteiger partial charge in [-0.05, 0) is 24.3 Å². The van der Waals surface area contributed by atoms with Gasteiger partial charge in [-0.25, -0.2) is 9.78 Å². The number of hydrogen-bond acceptors (Lipinski definition) is 3. The first-order valence-electron chi connectivity index (χ1n) is 5.37. The van der Waals surface area contributed by atoms with Gasteiger partial charge in [-0.3, -0.25) is 0 Å². The molecule has 20 heavy (non-hydrogen) atoms. The molecule has 0 spiro atoms. The third-order valence-corrected chi connectivity index (χ3v) is 3.60. The normalized spacial score (nSPS) is 10.4. The number of carbonyl (C=O) groups is 1. The number of aromatic nitrogens is 1. The SMILES string of the molecule is COc1ccc(C(=O)O)nc1-c1cc(Cl)c(Cl)cc1Cl. The number of carboxylic acids is 1. The van der Waals surface area contributed by atoms with Crippen molar-refractivity contribution in [3.05, 3.63) is 45.0 Å². The number of ether oxygens (including phenoxy) is 1. The van der Waals surface area contributed by atoms with Crippen LogP contribution in [0.2, 0.25) is 15.1 Å². The van der Waals surface area contributed by atoms with Crippen molar-refractivity contribution in [2.24, 2.45) is 0 Å². The van der Waals surface area contributed by atoms with Crippen molar-refractivity contribution >= 4 is 40.8 Å². The van der Waals surface area contributed by atoms with E-state index in [0.29, 0.717) is 21.4 Å². The van der Waals surface area contributed by atoms with Crippen LogP contribution in [0.3, 0.4) is 0 Å². The molecule has 0 saturated carbocycles. The summed E-state index contributed by atoms with van der Waals surface area (Å²) in [6.07, 6.45) is 0. The summed E-state index contributed by atoms with van der Waals surface area (Å²) >= 11 is 17.9. The second-order valence-electron chi connectivity index (χ2n) is 3.80. The van der Waals surface area contributed by atoms with Gasteiger partial charge in [-0.2, -0.15) is 0 Å². The Labute approximate surface area is 129 Å². The van der Waals surface area contributed by atoms with Crippen LogP contribution in [0.25, 0.3) is 11.3 Å². The van der Waals surface area contributed by atoms with Gasteiger partial charge in [0, 0.05) is 5.56 Å². The predicted molar refractivity (Wildman–Crippen MR) is 78.2 cm³/mol. The van der Waals surface area contributed by atoms with Crippen LogP contribution in [0.5, 0.6) is 5.75 Å². The molecule has 104 valence electrons. The molecule has 0 atom stereocenters. The molecule has 2 rings (SSSR count). The van der Waals surface area contributed by atoms with Gasteiger partial charge in [-0.15, -0.1) is 0 Å². The molecule has 0 fully saturated rings. The summed E-state index contributed by atoms with van der Waals surface area (Å²) in [7, 11) is 1.45. The van der Waals surface area contributed by atoms with Gasteiger partial charge in [0.1, 0.15) is 17.1 Å². The lowest BCUT2D eigenvalue weighted by Crippen LogP contribution is -2.02. The van der Waals surface area contributed by atoms with Crippen molar-refractivity contribution in [3.63, 3.8) is 0 Å². The number of nitrogens with zero attached hydrogens (tertiary/aromatic N) is 1. The van der Waals surface area contributed by atoms with Crippen molar-refractivity contribution in [1.29, 1.82) is 0 Å². The molecule has 0 aliphatic heterocycles. The molecule has 0 unspecified atom stereocenters. The molecule has 1 aromatic heterocycles. The third-order valence-electron chi connectivity index (χ3n) is 2.56. The van der Waals surface area contributed by atoms with Crippen LogP contribution in [0.4, 0.5) is 0 Å². The van der Waals surface area contributed by atoms with Gasteiger partial charge in [0.2, 0.25) is 0 Å². The Morgan fingerprint density at radius 2 is 1.80 bits per heavy atom. The highest BCUT2D eigenvalue weighted by Crippen LogP contribution is 2.38. The number of methoxy groups -OCH3 is 1. The highest BCUT2D eigenvalue weighted by atomic mass is 35.5. The van der Waals surface area contributed by atoms with E-state index in [1.807, 2.05) is 0 Å². The third kappa shape index (κ3) is 2.82. The smallest absolute Gasteiger partial charge is 0.354 e. The summed E-state index contributed by atoms with van der Waals surface area (Å²) in [5, 5.41) is 9.89. The Morgan fingerprint density at radius 1 is 1.15 bits per heavy atom. The van der Waals surface area contributed by atoms with E-state index in [4.69, 9.17) is 44.6 Å². The van der Waals surface area contributed by atoms with Gasteiger partial charge in [-0.1, -0.05) is 34.8 Å². The van der Waals surface area contributed by atoms with E-state index in [1.54, 1.807) is 0 Å². The average Bonchev–Trinajstić information content (AvgIpc) is 2.42. The molecule has 1 aromatic carbocycles. The van der Waals surface area contributed by atoms with Gasteiger partial charge in [0.05, 0.1) is 22.2 Å². The Balaban J connectivity index is 2.70. The molecular weight excluding hydrogens is 325 g/mol. The molecule has 0 aliphatic rings.